The molecule has 0 spiro atoms. The number of hydrogen-bond donors (Lipinski definition) is 2. The molecule has 6 heteroatoms. The third-order valence-corrected chi connectivity index (χ3v) is 3.48. The second-order valence-electron chi connectivity index (χ2n) is 5.35. The molecule has 1 fully saturated rings. The number of nitrogens with two attached hydrogens (primary N) is 1. The van der Waals surface area contributed by atoms with E-state index < -0.39 is 12.1 Å². The quantitative estimate of drug-likeness (QED) is 0.645. The number of ether oxygens (including phenoxy) is 1. The highest BCUT2D eigenvalue weighted by atomic mass is 16.5. The molecule has 0 aromatic heterocycles. The van der Waals surface area contributed by atoms with E-state index in [4.69, 9.17) is 10.5 Å². The first kappa shape index (κ1) is 15.2. The number of anilines is 2. The predicted octanol–water partition coefficient (Wildman–Crippen LogP) is 1.16. The standard InChI is InChI=1S/C15H21N3O3/c1-18(2)12-7-6-10(9-11(12)16)15(20)21-13-5-3-4-8-17-14(13)19/h6-7,9,13H,3-5,8,16H2,1-2H3,(H,17,19). The Bertz CT molecular complexity index is 543. The minimum absolute atomic E-state index is 0.223. The molecule has 0 saturated carbocycles. The molecule has 0 bridgehead atoms. The number of amides is 1. The molecule has 21 heavy (non-hydrogen) atoms. The molecule has 6 nitrogen and oxygen atoms in total. The van der Waals surface area contributed by atoms with E-state index >= 15 is 0 Å². The Hall–Kier alpha value is -2.24. The van der Waals surface area contributed by atoms with E-state index in [0.29, 0.717) is 24.2 Å². The zero-order valence-corrected chi connectivity index (χ0v) is 12.4. The molecule has 2 rings (SSSR count). The summed E-state index contributed by atoms with van der Waals surface area (Å²) in [4.78, 5) is 25.8. The first-order valence-electron chi connectivity index (χ1n) is 7.04. The van der Waals surface area contributed by atoms with Gasteiger partial charge in [0.2, 0.25) is 0 Å². The van der Waals surface area contributed by atoms with E-state index in [1.165, 1.54) is 0 Å². The monoisotopic (exact) mass is 291 g/mol. The second kappa shape index (κ2) is 6.47. The van der Waals surface area contributed by atoms with Gasteiger partial charge < -0.3 is 20.7 Å². The number of carbonyl (C=O) groups is 2. The van der Waals surface area contributed by atoms with Crippen molar-refractivity contribution in [1.82, 2.24) is 5.32 Å². The molecule has 1 aromatic carbocycles. The Morgan fingerprint density at radius 2 is 2.14 bits per heavy atom. The summed E-state index contributed by atoms with van der Waals surface area (Å²) in [5.41, 5.74) is 7.61. The van der Waals surface area contributed by atoms with Gasteiger partial charge >= 0.3 is 5.97 Å². The van der Waals surface area contributed by atoms with Crippen LogP contribution in [-0.2, 0) is 9.53 Å². The van der Waals surface area contributed by atoms with Crippen LogP contribution in [0.4, 0.5) is 11.4 Å². The van der Waals surface area contributed by atoms with E-state index in [0.717, 1.165) is 18.5 Å². The maximum atomic E-state index is 12.1. The highest BCUT2D eigenvalue weighted by Gasteiger charge is 2.25. The van der Waals surface area contributed by atoms with Gasteiger partial charge in [-0.3, -0.25) is 4.79 Å². The van der Waals surface area contributed by atoms with Crippen LogP contribution < -0.4 is 16.0 Å². The van der Waals surface area contributed by atoms with Crippen LogP contribution >= 0.6 is 0 Å². The van der Waals surface area contributed by atoms with Crippen molar-refractivity contribution in [3.63, 3.8) is 0 Å². The first-order chi connectivity index (χ1) is 9.99. The van der Waals surface area contributed by atoms with Crippen molar-refractivity contribution in [2.45, 2.75) is 25.4 Å². The average molecular weight is 291 g/mol. The highest BCUT2D eigenvalue weighted by molar-refractivity contribution is 5.94. The zero-order valence-electron chi connectivity index (χ0n) is 12.4. The van der Waals surface area contributed by atoms with Crippen molar-refractivity contribution < 1.29 is 14.3 Å². The van der Waals surface area contributed by atoms with Crippen molar-refractivity contribution in [2.24, 2.45) is 0 Å². The summed E-state index contributed by atoms with van der Waals surface area (Å²) in [7, 11) is 3.75. The van der Waals surface area contributed by atoms with Gasteiger partial charge in [-0.2, -0.15) is 0 Å². The van der Waals surface area contributed by atoms with Gasteiger partial charge in [0.1, 0.15) is 0 Å². The molecule has 3 N–H and O–H groups in total. The lowest BCUT2D eigenvalue weighted by Gasteiger charge is -2.17. The summed E-state index contributed by atoms with van der Waals surface area (Å²) in [5, 5.41) is 2.74. The Morgan fingerprint density at radius 3 is 2.81 bits per heavy atom. The molecule has 1 aromatic rings. The number of rotatable bonds is 3. The molecule has 0 radical (unpaired) electrons. The van der Waals surface area contributed by atoms with Gasteiger partial charge in [0.25, 0.3) is 5.91 Å². The van der Waals surface area contributed by atoms with Crippen LogP contribution in [0.25, 0.3) is 0 Å². The normalized spacial score (nSPS) is 18.6. The maximum Gasteiger partial charge on any atom is 0.338 e. The smallest absolute Gasteiger partial charge is 0.338 e. The lowest BCUT2D eigenvalue weighted by molar-refractivity contribution is -0.129. The van der Waals surface area contributed by atoms with Crippen LogP contribution in [0, 0.1) is 0 Å². The van der Waals surface area contributed by atoms with Crippen LogP contribution in [0.15, 0.2) is 18.2 Å². The molecule has 1 saturated heterocycles. The fourth-order valence-electron chi connectivity index (χ4n) is 2.31. The van der Waals surface area contributed by atoms with E-state index in [-0.39, 0.29) is 5.91 Å². The molecular weight excluding hydrogens is 270 g/mol. The van der Waals surface area contributed by atoms with E-state index in [1.807, 2.05) is 19.0 Å². The van der Waals surface area contributed by atoms with Crippen molar-refractivity contribution in [3.8, 4) is 0 Å². The summed E-state index contributed by atoms with van der Waals surface area (Å²) in [6.07, 6.45) is 1.61. The number of nitrogens with one attached hydrogen (secondary N) is 1. The fraction of sp³-hybridized carbons (Fsp3) is 0.467. The molecule has 0 aliphatic carbocycles. The minimum atomic E-state index is -0.713. The van der Waals surface area contributed by atoms with Gasteiger partial charge in [0.05, 0.1) is 16.9 Å². The second-order valence-corrected chi connectivity index (χ2v) is 5.35. The first-order valence-corrected chi connectivity index (χ1v) is 7.04. The molecule has 1 aliphatic heterocycles. The molecule has 1 unspecified atom stereocenters. The Balaban J connectivity index is 2.09. The largest absolute Gasteiger partial charge is 0.449 e. The third kappa shape index (κ3) is 3.65. The van der Waals surface area contributed by atoms with Crippen LogP contribution in [0.3, 0.4) is 0 Å². The highest BCUT2D eigenvalue weighted by Crippen LogP contribution is 2.23. The van der Waals surface area contributed by atoms with Crippen LogP contribution in [0.1, 0.15) is 29.6 Å². The van der Waals surface area contributed by atoms with Crippen molar-refractivity contribution in [3.05, 3.63) is 23.8 Å². The van der Waals surface area contributed by atoms with Gasteiger partial charge in [-0.05, 0) is 37.5 Å². The average Bonchev–Trinajstić information content (AvgIpc) is 2.63. The summed E-state index contributed by atoms with van der Waals surface area (Å²) in [5.74, 6) is -0.743. The number of carbonyl (C=O) groups excluding carboxylic acids is 2. The molecule has 114 valence electrons. The summed E-state index contributed by atoms with van der Waals surface area (Å²) >= 11 is 0. The molecule has 1 aliphatic rings. The number of benzene rings is 1. The topological polar surface area (TPSA) is 84.7 Å². The van der Waals surface area contributed by atoms with Crippen LogP contribution in [0.5, 0.6) is 0 Å². The van der Waals surface area contributed by atoms with E-state index in [9.17, 15) is 9.59 Å². The summed E-state index contributed by atoms with van der Waals surface area (Å²) in [6, 6.07) is 4.99. The van der Waals surface area contributed by atoms with Gasteiger partial charge in [-0.25, -0.2) is 4.79 Å². The molecule has 1 amide bonds. The van der Waals surface area contributed by atoms with Crippen molar-refractivity contribution >= 4 is 23.3 Å². The molecule has 1 atom stereocenters. The van der Waals surface area contributed by atoms with Crippen molar-refractivity contribution in [1.29, 1.82) is 0 Å². The third-order valence-electron chi connectivity index (χ3n) is 3.48. The van der Waals surface area contributed by atoms with Gasteiger partial charge in [0, 0.05) is 20.6 Å². The predicted molar refractivity (Wildman–Crippen MR) is 81.2 cm³/mol. The maximum absolute atomic E-state index is 12.1. The number of esters is 1. The number of nitrogen functional groups attached to an aromatic ring is 1. The number of nitrogens with zero attached hydrogens (tertiary/aromatic N) is 1. The van der Waals surface area contributed by atoms with E-state index in [2.05, 4.69) is 5.32 Å². The van der Waals surface area contributed by atoms with Gasteiger partial charge in [0.15, 0.2) is 6.10 Å². The molecule has 1 heterocycles. The van der Waals surface area contributed by atoms with Crippen LogP contribution in [-0.4, -0.2) is 38.6 Å². The summed E-state index contributed by atoms with van der Waals surface area (Å²) < 4.78 is 5.30. The molecular formula is C15H21N3O3. The Labute approximate surface area is 124 Å². The Morgan fingerprint density at radius 1 is 1.38 bits per heavy atom. The lowest BCUT2D eigenvalue weighted by atomic mass is 10.1. The number of hydrogen-bond acceptors (Lipinski definition) is 5. The SMILES string of the molecule is CN(C)c1ccc(C(=O)OC2CCCCNC2=O)cc1N. The Kier molecular flexibility index (Phi) is 4.67. The zero-order chi connectivity index (χ0) is 15.4. The van der Waals surface area contributed by atoms with Gasteiger partial charge in [-0.1, -0.05) is 0 Å². The summed E-state index contributed by atoms with van der Waals surface area (Å²) in [6.45, 7) is 0.636. The lowest BCUT2D eigenvalue weighted by Crippen LogP contribution is -2.36. The van der Waals surface area contributed by atoms with Crippen LogP contribution in [0.2, 0.25) is 0 Å². The van der Waals surface area contributed by atoms with Gasteiger partial charge in [-0.15, -0.1) is 0 Å². The fourth-order valence-corrected chi connectivity index (χ4v) is 2.31. The van der Waals surface area contributed by atoms with Crippen molar-refractivity contribution in [2.75, 3.05) is 31.3 Å². The minimum Gasteiger partial charge on any atom is -0.449 e. The van der Waals surface area contributed by atoms with E-state index in [1.54, 1.807) is 18.2 Å².